The molecule has 0 radical (unpaired) electrons. The predicted octanol–water partition coefficient (Wildman–Crippen LogP) is 9.12. The smallest absolute Gasteiger partial charge is 0.262 e. The Morgan fingerprint density at radius 1 is 1.00 bits per heavy atom. The van der Waals surface area contributed by atoms with Crippen molar-refractivity contribution in [3.63, 3.8) is 0 Å². The summed E-state index contributed by atoms with van der Waals surface area (Å²) in [6.45, 7) is 12.6. The van der Waals surface area contributed by atoms with Crippen molar-refractivity contribution in [2.45, 2.75) is 71.6 Å². The van der Waals surface area contributed by atoms with E-state index in [1.54, 1.807) is 0 Å². The average molecular weight is 516 g/mol. The molecule has 5 rings (SSSR count). The number of anilines is 1. The molecule has 1 aliphatic carbocycles. The molecule has 2 nitrogen and oxygen atoms in total. The lowest BCUT2D eigenvalue weighted by Crippen LogP contribution is -2.29. The van der Waals surface area contributed by atoms with Gasteiger partial charge in [-0.1, -0.05) is 74.9 Å². The lowest BCUT2D eigenvalue weighted by Gasteiger charge is -2.31. The SMILES string of the molecule is CCCCCN1/C(=C/C2=CC(=C/c3sc4cc(C)ccc4[n+]3C)/CC(C)(C)C2)Sc2cc(C)ccc21. The number of fused-ring (bicyclic) bond motifs is 2. The first-order valence-electron chi connectivity index (χ1n) is 13.3. The molecule has 0 saturated heterocycles. The van der Waals surface area contributed by atoms with Crippen molar-refractivity contribution in [2.24, 2.45) is 12.5 Å². The highest BCUT2D eigenvalue weighted by Crippen LogP contribution is 2.48. The van der Waals surface area contributed by atoms with Gasteiger partial charge in [0.2, 0.25) is 5.52 Å². The molecule has 0 spiro atoms. The topological polar surface area (TPSA) is 7.12 Å². The molecule has 0 atom stereocenters. The van der Waals surface area contributed by atoms with Crippen LogP contribution in [0.5, 0.6) is 0 Å². The van der Waals surface area contributed by atoms with Crippen molar-refractivity contribution in [3.8, 4) is 0 Å². The lowest BCUT2D eigenvalue weighted by molar-refractivity contribution is -0.642. The van der Waals surface area contributed by atoms with Crippen LogP contribution in [0.3, 0.4) is 0 Å². The first kappa shape index (κ1) is 25.4. The zero-order valence-electron chi connectivity index (χ0n) is 22.6. The van der Waals surface area contributed by atoms with Gasteiger partial charge >= 0.3 is 0 Å². The second kappa shape index (κ2) is 10.2. The number of aryl methyl sites for hydroxylation is 3. The van der Waals surface area contributed by atoms with Crippen LogP contribution >= 0.6 is 23.1 Å². The van der Waals surface area contributed by atoms with E-state index in [0.29, 0.717) is 0 Å². The minimum absolute atomic E-state index is 0.249. The van der Waals surface area contributed by atoms with Crippen LogP contribution < -0.4 is 9.47 Å². The summed E-state index contributed by atoms with van der Waals surface area (Å²) >= 11 is 3.85. The summed E-state index contributed by atoms with van der Waals surface area (Å²) in [5, 5.41) is 2.71. The highest BCUT2D eigenvalue weighted by atomic mass is 32.2. The Labute approximate surface area is 225 Å². The second-order valence-electron chi connectivity index (χ2n) is 11.3. The van der Waals surface area contributed by atoms with E-state index < -0.39 is 0 Å². The molecular formula is C32H39N2S2+. The van der Waals surface area contributed by atoms with Crippen molar-refractivity contribution in [1.29, 1.82) is 0 Å². The zero-order valence-corrected chi connectivity index (χ0v) is 24.3. The third-order valence-electron chi connectivity index (χ3n) is 7.25. The molecule has 0 unspecified atom stereocenters. The summed E-state index contributed by atoms with van der Waals surface area (Å²) in [5.74, 6) is 0. The van der Waals surface area contributed by atoms with E-state index in [1.807, 2.05) is 23.1 Å². The van der Waals surface area contributed by atoms with E-state index in [0.717, 1.165) is 19.4 Å². The van der Waals surface area contributed by atoms with E-state index in [-0.39, 0.29) is 5.41 Å². The Morgan fingerprint density at radius 3 is 2.58 bits per heavy atom. The van der Waals surface area contributed by atoms with E-state index >= 15 is 0 Å². The fourth-order valence-electron chi connectivity index (χ4n) is 5.49. The molecule has 1 aromatic heterocycles. The first-order valence-corrected chi connectivity index (χ1v) is 14.9. The summed E-state index contributed by atoms with van der Waals surface area (Å²) in [6, 6.07) is 13.7. The van der Waals surface area contributed by atoms with Gasteiger partial charge in [0.05, 0.1) is 10.7 Å². The van der Waals surface area contributed by atoms with Crippen LogP contribution in [-0.4, -0.2) is 6.54 Å². The number of benzene rings is 2. The third kappa shape index (κ3) is 5.35. The summed E-state index contributed by atoms with van der Waals surface area (Å²) in [6.07, 6.45) is 13.4. The predicted molar refractivity (Wildman–Crippen MR) is 159 cm³/mol. The van der Waals surface area contributed by atoms with Crippen LogP contribution in [0.15, 0.2) is 69.6 Å². The Kier molecular flexibility index (Phi) is 7.20. The molecule has 2 aliphatic rings. The molecule has 188 valence electrons. The van der Waals surface area contributed by atoms with Crippen molar-refractivity contribution in [1.82, 2.24) is 0 Å². The van der Waals surface area contributed by atoms with Gasteiger partial charge in [0.25, 0.3) is 5.01 Å². The maximum absolute atomic E-state index is 2.56. The molecule has 2 heterocycles. The number of thiazole rings is 1. The Hall–Kier alpha value is -2.30. The second-order valence-corrected chi connectivity index (χ2v) is 13.5. The largest absolute Gasteiger partial charge is 0.335 e. The maximum Gasteiger partial charge on any atom is 0.262 e. The number of hydrogen-bond acceptors (Lipinski definition) is 3. The molecule has 0 amide bonds. The molecule has 3 aromatic rings. The molecule has 36 heavy (non-hydrogen) atoms. The van der Waals surface area contributed by atoms with Gasteiger partial charge in [-0.3, -0.25) is 0 Å². The van der Waals surface area contributed by atoms with Crippen molar-refractivity contribution < 1.29 is 4.57 Å². The van der Waals surface area contributed by atoms with Gasteiger partial charge < -0.3 is 4.90 Å². The Bertz CT molecular complexity index is 1390. The summed E-state index contributed by atoms with van der Waals surface area (Å²) < 4.78 is 3.71. The fourth-order valence-corrected chi connectivity index (χ4v) is 7.98. The number of unbranched alkanes of at least 4 members (excludes halogenated alkanes) is 2. The average Bonchev–Trinajstić information content (AvgIpc) is 3.28. The third-order valence-corrected chi connectivity index (χ3v) is 9.49. The highest BCUT2D eigenvalue weighted by Gasteiger charge is 2.29. The van der Waals surface area contributed by atoms with Crippen molar-refractivity contribution >= 4 is 45.1 Å². The number of allylic oxidation sites excluding steroid dienone is 4. The minimum Gasteiger partial charge on any atom is -0.335 e. The Morgan fingerprint density at radius 2 is 1.78 bits per heavy atom. The normalized spacial score (nSPS) is 19.4. The summed E-state index contributed by atoms with van der Waals surface area (Å²) in [4.78, 5) is 3.96. The van der Waals surface area contributed by atoms with Gasteiger partial charge in [-0.05, 0) is 85.1 Å². The van der Waals surface area contributed by atoms with E-state index in [9.17, 15) is 0 Å². The standard InChI is InChI=1S/C32H39N2S2/c1-7-8-9-14-34-27-13-11-23(3)16-29(27)36-31(34)19-25-17-24(20-32(4,5)21-25)18-30-33(6)26-12-10-22(2)15-28(26)35-30/h10-13,15-19H,7-9,14,20-21H2,1-6H3/q+1. The quantitative estimate of drug-likeness (QED) is 0.239. The highest BCUT2D eigenvalue weighted by molar-refractivity contribution is 8.03. The maximum atomic E-state index is 2.56. The minimum atomic E-state index is 0.249. The molecule has 0 fully saturated rings. The molecule has 0 saturated carbocycles. The summed E-state index contributed by atoms with van der Waals surface area (Å²) in [7, 11) is 2.20. The number of thioether (sulfide) groups is 1. The van der Waals surface area contributed by atoms with Gasteiger partial charge in [0.15, 0.2) is 0 Å². The number of nitrogens with zero attached hydrogens (tertiary/aromatic N) is 2. The van der Waals surface area contributed by atoms with Crippen molar-refractivity contribution in [3.05, 3.63) is 80.9 Å². The van der Waals surface area contributed by atoms with E-state index in [2.05, 4.69) is 106 Å². The van der Waals surface area contributed by atoms with Gasteiger partial charge in [0, 0.05) is 23.6 Å². The van der Waals surface area contributed by atoms with Gasteiger partial charge in [-0.15, -0.1) is 0 Å². The van der Waals surface area contributed by atoms with Crippen LogP contribution in [0, 0.1) is 19.3 Å². The van der Waals surface area contributed by atoms with Crippen LogP contribution in [0.1, 0.15) is 69.0 Å². The van der Waals surface area contributed by atoms with Crippen molar-refractivity contribution in [2.75, 3.05) is 11.4 Å². The van der Waals surface area contributed by atoms with Gasteiger partial charge in [-0.2, -0.15) is 4.57 Å². The molecule has 0 bridgehead atoms. The molecular weight excluding hydrogens is 477 g/mol. The number of aromatic nitrogens is 1. The monoisotopic (exact) mass is 515 g/mol. The fraction of sp³-hybridized carbons (Fsp3) is 0.406. The van der Waals surface area contributed by atoms with E-state index in [4.69, 9.17) is 0 Å². The summed E-state index contributed by atoms with van der Waals surface area (Å²) in [5.41, 5.74) is 8.49. The molecule has 0 N–H and O–H groups in total. The Balaban J connectivity index is 1.50. The van der Waals surface area contributed by atoms with Crippen LogP contribution in [0.2, 0.25) is 0 Å². The molecule has 2 aromatic carbocycles. The lowest BCUT2D eigenvalue weighted by atomic mass is 9.75. The first-order chi connectivity index (χ1) is 17.2. The van der Waals surface area contributed by atoms with Gasteiger partial charge in [-0.25, -0.2) is 0 Å². The van der Waals surface area contributed by atoms with Crippen LogP contribution in [0.25, 0.3) is 16.3 Å². The van der Waals surface area contributed by atoms with Gasteiger partial charge in [0.1, 0.15) is 11.7 Å². The molecule has 1 aliphatic heterocycles. The van der Waals surface area contributed by atoms with Crippen LogP contribution in [0.4, 0.5) is 5.69 Å². The van der Waals surface area contributed by atoms with Crippen LogP contribution in [-0.2, 0) is 7.05 Å². The number of rotatable bonds is 6. The molecule has 4 heteroatoms. The number of hydrogen-bond donors (Lipinski definition) is 0. The van der Waals surface area contributed by atoms with E-state index in [1.165, 1.54) is 72.4 Å². The zero-order chi connectivity index (χ0) is 25.4.